The Balaban J connectivity index is 1.70. The Hall–Kier alpha value is -1.73. The van der Waals surface area contributed by atoms with Crippen molar-refractivity contribution in [3.8, 4) is 0 Å². The fourth-order valence-electron chi connectivity index (χ4n) is 3.83. The molecule has 0 bridgehead atoms. The van der Waals surface area contributed by atoms with Crippen molar-refractivity contribution in [2.75, 3.05) is 6.54 Å². The number of piperidine rings is 1. The number of amides is 1. The molecule has 0 aromatic heterocycles. The Labute approximate surface area is 152 Å². The largest absolute Gasteiger partial charge is 0.444 e. The van der Waals surface area contributed by atoms with Crippen LogP contribution in [0.3, 0.4) is 0 Å². The maximum absolute atomic E-state index is 13.4. The number of hydrogen-bond acceptors (Lipinski definition) is 4. The van der Waals surface area contributed by atoms with E-state index in [-0.39, 0.29) is 12.3 Å². The first kappa shape index (κ1) is 19.0. The summed E-state index contributed by atoms with van der Waals surface area (Å²) in [5, 5.41) is 10.8. The van der Waals surface area contributed by atoms with Gasteiger partial charge in [0, 0.05) is 18.7 Å². The molecule has 1 heterocycles. The zero-order chi connectivity index (χ0) is 19.2. The minimum Gasteiger partial charge on any atom is -0.444 e. The summed E-state index contributed by atoms with van der Waals surface area (Å²) in [6.45, 7) is 5.91. The van der Waals surface area contributed by atoms with Crippen molar-refractivity contribution in [2.45, 2.75) is 57.4 Å². The maximum Gasteiger partial charge on any atom is 0.410 e. The molecule has 5 atom stereocenters. The fraction of sp³-hybridized carbons (Fsp3) is 0.632. The first-order valence-electron chi connectivity index (χ1n) is 8.93. The third kappa shape index (κ3) is 4.15. The molecule has 0 radical (unpaired) electrons. The van der Waals surface area contributed by atoms with Gasteiger partial charge in [0.15, 0.2) is 0 Å². The van der Waals surface area contributed by atoms with E-state index in [0.29, 0.717) is 18.0 Å². The van der Waals surface area contributed by atoms with Crippen molar-refractivity contribution < 1.29 is 23.4 Å². The van der Waals surface area contributed by atoms with Crippen LogP contribution in [0, 0.1) is 23.5 Å². The maximum atomic E-state index is 13.4. The van der Waals surface area contributed by atoms with Crippen LogP contribution in [0.5, 0.6) is 0 Å². The van der Waals surface area contributed by atoms with Crippen LogP contribution in [0.15, 0.2) is 18.2 Å². The Bertz CT molecular complexity index is 672. The molecule has 2 fully saturated rings. The molecule has 1 aromatic rings. The average Bonchev–Trinajstić information content (AvgIpc) is 3.14. The Morgan fingerprint density at radius 1 is 1.35 bits per heavy atom. The van der Waals surface area contributed by atoms with Crippen molar-refractivity contribution in [1.82, 2.24) is 4.90 Å². The number of hydrogen-bond donors (Lipinski definition) is 2. The molecule has 7 heteroatoms. The van der Waals surface area contributed by atoms with Gasteiger partial charge in [-0.15, -0.1) is 0 Å². The summed E-state index contributed by atoms with van der Waals surface area (Å²) < 4.78 is 32.2. The lowest BCUT2D eigenvalue weighted by atomic mass is 9.94. The molecule has 3 N–H and O–H groups in total. The minimum absolute atomic E-state index is 0.117. The molecule has 1 aromatic carbocycles. The number of fused-ring (bicyclic) bond motifs is 1. The predicted molar refractivity (Wildman–Crippen MR) is 92.4 cm³/mol. The number of benzene rings is 1. The van der Waals surface area contributed by atoms with Crippen LogP contribution in [0.1, 0.15) is 32.8 Å². The predicted octanol–water partition coefficient (Wildman–Crippen LogP) is 2.45. The van der Waals surface area contributed by atoms with Gasteiger partial charge in [0.25, 0.3) is 0 Å². The highest BCUT2D eigenvalue weighted by Crippen LogP contribution is 2.51. The number of ether oxygens (including phenoxy) is 1. The molecule has 144 valence electrons. The molecule has 26 heavy (non-hydrogen) atoms. The van der Waals surface area contributed by atoms with Gasteiger partial charge in [0.1, 0.15) is 17.2 Å². The number of likely N-dealkylation sites (tertiary alicyclic amines) is 1. The molecule has 3 rings (SSSR count). The lowest BCUT2D eigenvalue weighted by Gasteiger charge is -2.35. The van der Waals surface area contributed by atoms with Gasteiger partial charge in [0.05, 0.1) is 12.1 Å². The van der Waals surface area contributed by atoms with Gasteiger partial charge in [-0.05, 0) is 63.1 Å². The molecule has 1 saturated carbocycles. The van der Waals surface area contributed by atoms with Gasteiger partial charge < -0.3 is 20.5 Å². The molecule has 5 nitrogen and oxygen atoms in total. The van der Waals surface area contributed by atoms with Crippen LogP contribution >= 0.6 is 0 Å². The molecular weight excluding hydrogens is 342 g/mol. The number of nitrogens with two attached hydrogens (primary N) is 1. The summed E-state index contributed by atoms with van der Waals surface area (Å²) in [4.78, 5) is 14.0. The first-order valence-corrected chi connectivity index (χ1v) is 8.93. The molecule has 1 aliphatic carbocycles. The standard InChI is InChI=1S/C19H26F2N2O3/c1-19(2,3)26-18(25)23-9-11-7-14(11)16(23)17(24)15(22)6-10-4-12(20)8-13(21)5-10/h4-5,8,11,14-17,24H,6-7,9,22H2,1-3H3/t11-,14?,15+,16-,17+/m1/s1. The Kier molecular flexibility index (Phi) is 4.96. The van der Waals surface area contributed by atoms with Crippen LogP contribution in [-0.4, -0.2) is 46.4 Å². The van der Waals surface area contributed by atoms with E-state index in [9.17, 15) is 18.7 Å². The molecular formula is C19H26F2N2O3. The summed E-state index contributed by atoms with van der Waals surface area (Å²) in [5.74, 6) is -0.797. The third-order valence-corrected chi connectivity index (χ3v) is 5.02. The number of halogens is 2. The third-order valence-electron chi connectivity index (χ3n) is 5.02. The van der Waals surface area contributed by atoms with E-state index in [2.05, 4.69) is 0 Å². The summed E-state index contributed by atoms with van der Waals surface area (Å²) in [7, 11) is 0. The topological polar surface area (TPSA) is 75.8 Å². The summed E-state index contributed by atoms with van der Waals surface area (Å²) in [5.41, 5.74) is 5.88. The zero-order valence-electron chi connectivity index (χ0n) is 15.3. The van der Waals surface area contributed by atoms with E-state index < -0.39 is 41.5 Å². The van der Waals surface area contributed by atoms with E-state index in [4.69, 9.17) is 10.5 Å². The van der Waals surface area contributed by atoms with Crippen molar-refractivity contribution in [2.24, 2.45) is 17.6 Å². The average molecular weight is 368 g/mol. The molecule has 2 aliphatic rings. The quantitative estimate of drug-likeness (QED) is 0.856. The number of aliphatic hydroxyl groups is 1. The molecule has 0 spiro atoms. The van der Waals surface area contributed by atoms with Crippen molar-refractivity contribution in [1.29, 1.82) is 0 Å². The molecule has 1 saturated heterocycles. The highest BCUT2D eigenvalue weighted by atomic mass is 19.1. The van der Waals surface area contributed by atoms with E-state index >= 15 is 0 Å². The second kappa shape index (κ2) is 6.78. The van der Waals surface area contributed by atoms with Gasteiger partial charge in [-0.3, -0.25) is 0 Å². The highest BCUT2D eigenvalue weighted by Gasteiger charge is 2.57. The minimum atomic E-state index is -0.994. The molecule has 1 amide bonds. The monoisotopic (exact) mass is 368 g/mol. The van der Waals surface area contributed by atoms with E-state index in [1.807, 2.05) is 0 Å². The fourth-order valence-corrected chi connectivity index (χ4v) is 3.83. The van der Waals surface area contributed by atoms with Crippen molar-refractivity contribution in [3.63, 3.8) is 0 Å². The van der Waals surface area contributed by atoms with Gasteiger partial charge in [-0.1, -0.05) is 0 Å². The molecule has 1 unspecified atom stereocenters. The normalized spacial score (nSPS) is 27.0. The number of carbonyl (C=O) groups is 1. The van der Waals surface area contributed by atoms with Gasteiger partial charge in [0.2, 0.25) is 0 Å². The summed E-state index contributed by atoms with van der Waals surface area (Å²) in [6, 6.07) is 2.03. The number of rotatable bonds is 4. The lowest BCUT2D eigenvalue weighted by Crippen LogP contribution is -2.54. The van der Waals surface area contributed by atoms with Crippen molar-refractivity contribution in [3.05, 3.63) is 35.4 Å². The van der Waals surface area contributed by atoms with Crippen LogP contribution < -0.4 is 5.73 Å². The van der Waals surface area contributed by atoms with Gasteiger partial charge >= 0.3 is 6.09 Å². The van der Waals surface area contributed by atoms with Gasteiger partial charge in [-0.2, -0.15) is 0 Å². The van der Waals surface area contributed by atoms with Crippen LogP contribution in [0.2, 0.25) is 0 Å². The second-order valence-corrected chi connectivity index (χ2v) is 8.42. The summed E-state index contributed by atoms with van der Waals surface area (Å²) >= 11 is 0. The highest BCUT2D eigenvalue weighted by molar-refractivity contribution is 5.69. The first-order chi connectivity index (χ1) is 12.0. The SMILES string of the molecule is CC(C)(C)OC(=O)N1C[C@H]2CC2[C@@H]1[C@@H](O)[C@@H](N)Cc1cc(F)cc(F)c1. The van der Waals surface area contributed by atoms with E-state index in [0.717, 1.165) is 12.5 Å². The zero-order valence-corrected chi connectivity index (χ0v) is 15.3. The van der Waals surface area contributed by atoms with E-state index in [1.54, 1.807) is 25.7 Å². The summed E-state index contributed by atoms with van der Waals surface area (Å²) in [6.07, 6.45) is -0.391. The van der Waals surface area contributed by atoms with Crippen LogP contribution in [-0.2, 0) is 11.2 Å². The van der Waals surface area contributed by atoms with Crippen LogP contribution in [0.4, 0.5) is 13.6 Å². The van der Waals surface area contributed by atoms with Gasteiger partial charge in [-0.25, -0.2) is 13.6 Å². The number of aliphatic hydroxyl groups excluding tert-OH is 1. The number of nitrogens with zero attached hydrogens (tertiary/aromatic N) is 1. The smallest absolute Gasteiger partial charge is 0.410 e. The van der Waals surface area contributed by atoms with Crippen LogP contribution in [0.25, 0.3) is 0 Å². The van der Waals surface area contributed by atoms with Crippen molar-refractivity contribution >= 4 is 6.09 Å². The Morgan fingerprint density at radius 3 is 2.54 bits per heavy atom. The number of carbonyl (C=O) groups excluding carboxylic acids is 1. The van der Waals surface area contributed by atoms with E-state index in [1.165, 1.54) is 12.1 Å². The second-order valence-electron chi connectivity index (χ2n) is 8.42. The Morgan fingerprint density at radius 2 is 1.96 bits per heavy atom. The lowest BCUT2D eigenvalue weighted by molar-refractivity contribution is -0.00597. The molecule has 1 aliphatic heterocycles.